The van der Waals surface area contributed by atoms with Gasteiger partial charge in [-0.3, -0.25) is 9.00 Å². The first kappa shape index (κ1) is 18.1. The van der Waals surface area contributed by atoms with Gasteiger partial charge in [-0.05, 0) is 32.6 Å². The molecule has 1 aromatic heterocycles. The molecule has 1 fully saturated rings. The lowest BCUT2D eigenvalue weighted by Crippen LogP contribution is -2.43. The van der Waals surface area contributed by atoms with Gasteiger partial charge in [0, 0.05) is 28.0 Å². The van der Waals surface area contributed by atoms with Crippen molar-refractivity contribution in [2.45, 2.75) is 57.1 Å². The number of rotatable bonds is 7. The molecule has 1 unspecified atom stereocenters. The van der Waals surface area contributed by atoms with Gasteiger partial charge in [-0.15, -0.1) is 0 Å². The predicted molar refractivity (Wildman–Crippen MR) is 89.7 cm³/mol. The maximum absolute atomic E-state index is 12.5. The number of hydrogen-bond acceptors (Lipinski definition) is 5. The molecule has 0 aromatic carbocycles. The molecule has 6 nitrogen and oxygen atoms in total. The van der Waals surface area contributed by atoms with E-state index in [9.17, 15) is 14.1 Å². The third-order valence-electron chi connectivity index (χ3n) is 4.54. The van der Waals surface area contributed by atoms with Crippen LogP contribution in [-0.4, -0.2) is 37.5 Å². The van der Waals surface area contributed by atoms with Gasteiger partial charge in [0.2, 0.25) is 5.91 Å². The van der Waals surface area contributed by atoms with Crippen LogP contribution in [0.4, 0.5) is 5.82 Å². The average molecular weight is 342 g/mol. The van der Waals surface area contributed by atoms with Crippen LogP contribution in [-0.2, 0) is 21.0 Å². The van der Waals surface area contributed by atoms with E-state index in [1.54, 1.807) is 19.9 Å². The van der Waals surface area contributed by atoms with Gasteiger partial charge in [0.15, 0.2) is 5.82 Å². The van der Waals surface area contributed by atoms with E-state index in [1.165, 1.54) is 6.42 Å². The third-order valence-corrected chi connectivity index (χ3v) is 6.64. The van der Waals surface area contributed by atoms with E-state index in [2.05, 4.69) is 10.5 Å². The summed E-state index contributed by atoms with van der Waals surface area (Å²) in [5, 5.41) is 15.8. The molecule has 0 spiro atoms. The first-order valence-electron chi connectivity index (χ1n) is 7.95. The Morgan fingerprint density at radius 1 is 1.43 bits per heavy atom. The van der Waals surface area contributed by atoms with Crippen LogP contribution in [0.2, 0.25) is 0 Å². The first-order valence-corrected chi connectivity index (χ1v) is 9.26. The van der Waals surface area contributed by atoms with Crippen molar-refractivity contribution in [1.29, 1.82) is 0 Å². The minimum absolute atomic E-state index is 0.0908. The number of anilines is 1. The Kier molecular flexibility index (Phi) is 5.30. The molecule has 0 radical (unpaired) electrons. The third kappa shape index (κ3) is 4.01. The van der Waals surface area contributed by atoms with Gasteiger partial charge >= 0.3 is 0 Å². The number of carbonyl (C=O) groups excluding carboxylic acids is 1. The van der Waals surface area contributed by atoms with Gasteiger partial charge < -0.3 is 14.9 Å². The van der Waals surface area contributed by atoms with Gasteiger partial charge in [0.25, 0.3) is 0 Å². The molecule has 1 saturated carbocycles. The predicted octanol–water partition coefficient (Wildman–Crippen LogP) is 2.21. The maximum atomic E-state index is 12.5. The van der Waals surface area contributed by atoms with Crippen LogP contribution in [0.5, 0.6) is 0 Å². The highest BCUT2D eigenvalue weighted by atomic mass is 32.2. The lowest BCUT2D eigenvalue weighted by atomic mass is 9.87. The molecule has 130 valence electrons. The second-order valence-corrected chi connectivity index (χ2v) is 9.44. The standard InChI is InChI=1S/C16H26N2O4S/c1-15(2,10-19)12-8-13(18-22-12)17-14(20)16(3,4)23(21)9-11-6-5-7-11/h8,11,19H,5-7,9-10H2,1-4H3,(H,17,18,20). The van der Waals surface area contributed by atoms with Crippen LogP contribution in [0.15, 0.2) is 10.6 Å². The van der Waals surface area contributed by atoms with E-state index in [1.807, 2.05) is 13.8 Å². The number of amides is 1. The maximum Gasteiger partial charge on any atom is 0.243 e. The topological polar surface area (TPSA) is 92.4 Å². The first-order chi connectivity index (χ1) is 10.7. The van der Waals surface area contributed by atoms with Crippen molar-refractivity contribution in [2.24, 2.45) is 5.92 Å². The van der Waals surface area contributed by atoms with Gasteiger partial charge in [-0.25, -0.2) is 0 Å². The molecule has 1 amide bonds. The smallest absolute Gasteiger partial charge is 0.243 e. The zero-order chi connectivity index (χ0) is 17.3. The normalized spacial score (nSPS) is 17.6. The SMILES string of the molecule is CC(C)(CO)c1cc(NC(=O)C(C)(C)S(=O)CC2CCC2)no1. The second-order valence-electron chi connectivity index (χ2n) is 7.39. The van der Waals surface area contributed by atoms with Crippen LogP contribution < -0.4 is 5.32 Å². The Morgan fingerprint density at radius 3 is 2.61 bits per heavy atom. The lowest BCUT2D eigenvalue weighted by Gasteiger charge is -2.29. The van der Waals surface area contributed by atoms with Crippen LogP contribution >= 0.6 is 0 Å². The number of nitrogens with zero attached hydrogens (tertiary/aromatic N) is 1. The van der Waals surface area contributed by atoms with Gasteiger partial charge in [-0.1, -0.05) is 25.4 Å². The summed E-state index contributed by atoms with van der Waals surface area (Å²) in [6, 6.07) is 1.60. The molecule has 1 aliphatic carbocycles. The summed E-state index contributed by atoms with van der Waals surface area (Å²) >= 11 is 0. The average Bonchev–Trinajstić information content (AvgIpc) is 2.91. The zero-order valence-electron chi connectivity index (χ0n) is 14.2. The quantitative estimate of drug-likeness (QED) is 0.792. The second kappa shape index (κ2) is 6.73. The van der Waals surface area contributed by atoms with Crippen molar-refractivity contribution in [3.05, 3.63) is 11.8 Å². The van der Waals surface area contributed by atoms with Crippen LogP contribution in [0.3, 0.4) is 0 Å². The molecule has 2 N–H and O–H groups in total. The number of carbonyl (C=O) groups is 1. The van der Waals surface area contributed by atoms with E-state index in [4.69, 9.17) is 4.52 Å². The summed E-state index contributed by atoms with van der Waals surface area (Å²) in [5.74, 6) is 1.48. The molecule has 1 atom stereocenters. The highest BCUT2D eigenvalue weighted by molar-refractivity contribution is 7.87. The monoisotopic (exact) mass is 342 g/mol. The molecule has 1 heterocycles. The molecule has 0 aliphatic heterocycles. The van der Waals surface area contributed by atoms with Crippen LogP contribution in [0.25, 0.3) is 0 Å². The van der Waals surface area contributed by atoms with Crippen molar-refractivity contribution in [2.75, 3.05) is 17.7 Å². The van der Waals surface area contributed by atoms with E-state index in [0.29, 0.717) is 17.4 Å². The van der Waals surface area contributed by atoms with Gasteiger partial charge in [0.05, 0.1) is 6.61 Å². The van der Waals surface area contributed by atoms with E-state index in [-0.39, 0.29) is 18.3 Å². The van der Waals surface area contributed by atoms with Gasteiger partial charge in [0.1, 0.15) is 10.5 Å². The van der Waals surface area contributed by atoms with Crippen molar-refractivity contribution in [3.63, 3.8) is 0 Å². The Morgan fingerprint density at radius 2 is 2.09 bits per heavy atom. The number of aliphatic hydroxyl groups is 1. The fourth-order valence-corrected chi connectivity index (χ4v) is 3.62. The van der Waals surface area contributed by atoms with Crippen LogP contribution in [0.1, 0.15) is 52.7 Å². The highest BCUT2D eigenvalue weighted by Crippen LogP contribution is 2.30. The number of aromatic nitrogens is 1. The summed E-state index contributed by atoms with van der Waals surface area (Å²) in [4.78, 5) is 12.5. The minimum atomic E-state index is -1.24. The summed E-state index contributed by atoms with van der Waals surface area (Å²) < 4.78 is 16.7. The van der Waals surface area contributed by atoms with E-state index < -0.39 is 21.0 Å². The number of aliphatic hydroxyl groups excluding tert-OH is 1. The van der Waals surface area contributed by atoms with Crippen molar-refractivity contribution in [1.82, 2.24) is 5.16 Å². The molecular weight excluding hydrogens is 316 g/mol. The Labute approximate surface area is 139 Å². The molecule has 2 rings (SSSR count). The van der Waals surface area contributed by atoms with E-state index in [0.717, 1.165) is 12.8 Å². The highest BCUT2D eigenvalue weighted by Gasteiger charge is 2.37. The number of hydrogen-bond donors (Lipinski definition) is 2. The summed E-state index contributed by atoms with van der Waals surface area (Å²) in [6.07, 6.45) is 3.40. The van der Waals surface area contributed by atoms with Crippen molar-refractivity contribution < 1.29 is 18.6 Å². The Balaban J connectivity index is 2.01. The van der Waals surface area contributed by atoms with Crippen molar-refractivity contribution >= 4 is 22.5 Å². The number of nitrogens with one attached hydrogen (secondary N) is 1. The summed E-state index contributed by atoms with van der Waals surface area (Å²) in [7, 11) is -1.24. The van der Waals surface area contributed by atoms with Crippen molar-refractivity contribution in [3.8, 4) is 0 Å². The zero-order valence-corrected chi connectivity index (χ0v) is 15.0. The van der Waals surface area contributed by atoms with Gasteiger partial charge in [-0.2, -0.15) is 0 Å². The molecule has 23 heavy (non-hydrogen) atoms. The molecule has 1 aliphatic rings. The van der Waals surface area contributed by atoms with Crippen LogP contribution in [0, 0.1) is 5.92 Å². The summed E-state index contributed by atoms with van der Waals surface area (Å²) in [5.41, 5.74) is -0.571. The summed E-state index contributed by atoms with van der Waals surface area (Å²) in [6.45, 7) is 6.92. The lowest BCUT2D eigenvalue weighted by molar-refractivity contribution is -0.117. The molecule has 7 heteroatoms. The fraction of sp³-hybridized carbons (Fsp3) is 0.750. The molecule has 1 aromatic rings. The Hall–Kier alpha value is -1.21. The molecule has 0 saturated heterocycles. The molecular formula is C16H26N2O4S. The minimum Gasteiger partial charge on any atom is -0.395 e. The fourth-order valence-electron chi connectivity index (χ4n) is 2.18. The molecule has 0 bridgehead atoms. The largest absolute Gasteiger partial charge is 0.395 e. The van der Waals surface area contributed by atoms with E-state index >= 15 is 0 Å². The Bertz CT molecular complexity index is 591.